The number of hydrogen-bond acceptors (Lipinski definition) is 4. The number of benzene rings is 2. The number of anilines is 1. The Balaban J connectivity index is 1.65. The van der Waals surface area contributed by atoms with Gasteiger partial charge in [-0.05, 0) is 49.6 Å². The van der Waals surface area contributed by atoms with Crippen LogP contribution in [0.15, 0.2) is 48.5 Å². The van der Waals surface area contributed by atoms with Crippen LogP contribution in [0.3, 0.4) is 0 Å². The van der Waals surface area contributed by atoms with E-state index in [9.17, 15) is 13.2 Å². The molecule has 1 aliphatic rings. The van der Waals surface area contributed by atoms with E-state index in [0.717, 1.165) is 0 Å². The maximum Gasteiger partial charge on any atom is 0.228 e. The summed E-state index contributed by atoms with van der Waals surface area (Å²) < 4.78 is 32.6. The Morgan fingerprint density at radius 1 is 1.24 bits per heavy atom. The highest BCUT2D eigenvalue weighted by molar-refractivity contribution is 7.88. The molecule has 8 heteroatoms. The molecule has 2 aromatic carbocycles. The summed E-state index contributed by atoms with van der Waals surface area (Å²) in [7, 11) is -3.53. The zero-order valence-corrected chi connectivity index (χ0v) is 17.9. The number of amides is 1. The Hall–Kier alpha value is -2.09. The fourth-order valence-electron chi connectivity index (χ4n) is 3.41. The second-order valence-electron chi connectivity index (χ2n) is 7.03. The normalized spacial score (nSPS) is 17.7. The first kappa shape index (κ1) is 21.6. The number of nitrogens with one attached hydrogen (secondary N) is 1. The van der Waals surface area contributed by atoms with Crippen LogP contribution in [0.25, 0.3) is 0 Å². The minimum absolute atomic E-state index is 0.127. The van der Waals surface area contributed by atoms with Crippen LogP contribution in [0.5, 0.6) is 5.75 Å². The number of carbonyl (C=O) groups is 1. The molecule has 1 aliphatic heterocycles. The molecule has 0 bridgehead atoms. The molecule has 0 radical (unpaired) electrons. The first-order chi connectivity index (χ1) is 13.9. The van der Waals surface area contributed by atoms with Crippen molar-refractivity contribution in [3.05, 3.63) is 59.1 Å². The zero-order valence-electron chi connectivity index (χ0n) is 16.3. The van der Waals surface area contributed by atoms with Crippen LogP contribution >= 0.6 is 11.6 Å². The van der Waals surface area contributed by atoms with Gasteiger partial charge in [0.25, 0.3) is 0 Å². The first-order valence-electron chi connectivity index (χ1n) is 9.63. The SMILES string of the molecule is CCOc1cccc(NC(=O)[C@@H]2CCCN(S(=O)(=O)Cc3cccc(Cl)c3)C2)c1. The highest BCUT2D eigenvalue weighted by Gasteiger charge is 2.32. The predicted octanol–water partition coefficient (Wildman–Crippen LogP) is 3.92. The number of hydrogen-bond donors (Lipinski definition) is 1. The van der Waals surface area contributed by atoms with Crippen LogP contribution < -0.4 is 10.1 Å². The molecular formula is C21H25ClN2O4S. The number of sulfonamides is 1. The van der Waals surface area contributed by atoms with Gasteiger partial charge in [-0.2, -0.15) is 0 Å². The van der Waals surface area contributed by atoms with E-state index < -0.39 is 15.9 Å². The Morgan fingerprint density at radius 3 is 2.79 bits per heavy atom. The molecular weight excluding hydrogens is 412 g/mol. The lowest BCUT2D eigenvalue weighted by Crippen LogP contribution is -2.44. The molecule has 1 amide bonds. The Bertz CT molecular complexity index is 965. The molecule has 0 saturated carbocycles. The smallest absolute Gasteiger partial charge is 0.228 e. The summed E-state index contributed by atoms with van der Waals surface area (Å²) in [6.45, 7) is 3.04. The van der Waals surface area contributed by atoms with Crippen molar-refractivity contribution in [2.45, 2.75) is 25.5 Å². The lowest BCUT2D eigenvalue weighted by atomic mass is 9.98. The molecule has 2 aromatic rings. The van der Waals surface area contributed by atoms with Crippen molar-refractivity contribution in [2.75, 3.05) is 25.0 Å². The fraction of sp³-hybridized carbons (Fsp3) is 0.381. The lowest BCUT2D eigenvalue weighted by molar-refractivity contribution is -0.120. The Kier molecular flexibility index (Phi) is 7.16. The number of carbonyl (C=O) groups excluding carboxylic acids is 1. The van der Waals surface area contributed by atoms with Gasteiger partial charge in [-0.1, -0.05) is 29.8 Å². The van der Waals surface area contributed by atoms with Crippen LogP contribution in [0.2, 0.25) is 5.02 Å². The Labute approximate surface area is 176 Å². The minimum Gasteiger partial charge on any atom is -0.494 e. The minimum atomic E-state index is -3.53. The quantitative estimate of drug-likeness (QED) is 0.713. The summed E-state index contributed by atoms with van der Waals surface area (Å²) in [6, 6.07) is 14.0. The highest BCUT2D eigenvalue weighted by Crippen LogP contribution is 2.24. The molecule has 1 N–H and O–H groups in total. The molecule has 3 rings (SSSR count). The van der Waals surface area contributed by atoms with Crippen molar-refractivity contribution in [1.82, 2.24) is 4.31 Å². The van der Waals surface area contributed by atoms with E-state index >= 15 is 0 Å². The van der Waals surface area contributed by atoms with E-state index in [1.807, 2.05) is 19.1 Å². The summed E-state index contributed by atoms with van der Waals surface area (Å²) in [5.41, 5.74) is 1.27. The standard InChI is InChI=1S/C21H25ClN2O4S/c1-2-28-20-10-4-9-19(13-20)23-21(25)17-7-5-11-24(14-17)29(26,27)15-16-6-3-8-18(22)12-16/h3-4,6,8-10,12-13,17H,2,5,7,11,14-15H2,1H3,(H,23,25)/t17-/m1/s1. The molecule has 1 saturated heterocycles. The zero-order chi connectivity index (χ0) is 20.9. The number of nitrogens with zero attached hydrogens (tertiary/aromatic N) is 1. The summed E-state index contributed by atoms with van der Waals surface area (Å²) in [4.78, 5) is 12.7. The molecule has 156 valence electrons. The molecule has 0 aromatic heterocycles. The average molecular weight is 437 g/mol. The number of rotatable bonds is 7. The molecule has 29 heavy (non-hydrogen) atoms. The van der Waals surface area contributed by atoms with Crippen LogP contribution in [-0.4, -0.2) is 38.3 Å². The third kappa shape index (κ3) is 5.95. The van der Waals surface area contributed by atoms with Gasteiger partial charge in [0.05, 0.1) is 18.3 Å². The van der Waals surface area contributed by atoms with Crippen molar-refractivity contribution >= 4 is 33.2 Å². The third-order valence-electron chi connectivity index (χ3n) is 4.80. The lowest BCUT2D eigenvalue weighted by Gasteiger charge is -2.31. The average Bonchev–Trinajstić information content (AvgIpc) is 2.68. The van der Waals surface area contributed by atoms with Crippen LogP contribution in [0.4, 0.5) is 5.69 Å². The van der Waals surface area contributed by atoms with Gasteiger partial charge in [-0.15, -0.1) is 0 Å². The van der Waals surface area contributed by atoms with Gasteiger partial charge in [0.2, 0.25) is 15.9 Å². The monoisotopic (exact) mass is 436 g/mol. The molecule has 0 spiro atoms. The molecule has 0 unspecified atom stereocenters. The summed E-state index contributed by atoms with van der Waals surface area (Å²) in [5.74, 6) is -0.0206. The molecule has 1 heterocycles. The van der Waals surface area contributed by atoms with Gasteiger partial charge in [-0.3, -0.25) is 4.79 Å². The van der Waals surface area contributed by atoms with Crippen molar-refractivity contribution in [1.29, 1.82) is 0 Å². The summed E-state index contributed by atoms with van der Waals surface area (Å²) in [5, 5.41) is 3.38. The van der Waals surface area contributed by atoms with Crippen LogP contribution in [0.1, 0.15) is 25.3 Å². The first-order valence-corrected chi connectivity index (χ1v) is 11.6. The van der Waals surface area contributed by atoms with Crippen molar-refractivity contribution in [2.24, 2.45) is 5.92 Å². The molecule has 0 aliphatic carbocycles. The predicted molar refractivity (Wildman–Crippen MR) is 115 cm³/mol. The van der Waals surface area contributed by atoms with E-state index in [1.54, 1.807) is 36.4 Å². The van der Waals surface area contributed by atoms with Crippen molar-refractivity contribution in [3.8, 4) is 5.75 Å². The van der Waals surface area contributed by atoms with E-state index in [2.05, 4.69) is 5.32 Å². The Morgan fingerprint density at radius 2 is 2.03 bits per heavy atom. The molecule has 1 fully saturated rings. The fourth-order valence-corrected chi connectivity index (χ4v) is 5.22. The highest BCUT2D eigenvalue weighted by atomic mass is 35.5. The molecule has 1 atom stereocenters. The van der Waals surface area contributed by atoms with Gasteiger partial charge >= 0.3 is 0 Å². The van der Waals surface area contributed by atoms with Gasteiger partial charge < -0.3 is 10.1 Å². The van der Waals surface area contributed by atoms with E-state index in [-0.39, 0.29) is 18.2 Å². The van der Waals surface area contributed by atoms with E-state index in [4.69, 9.17) is 16.3 Å². The second-order valence-corrected chi connectivity index (χ2v) is 9.44. The van der Waals surface area contributed by atoms with Gasteiger partial charge in [-0.25, -0.2) is 12.7 Å². The van der Waals surface area contributed by atoms with E-state index in [1.165, 1.54) is 4.31 Å². The van der Waals surface area contributed by atoms with Gasteiger partial charge in [0.1, 0.15) is 5.75 Å². The van der Waals surface area contributed by atoms with E-state index in [0.29, 0.717) is 48.0 Å². The van der Waals surface area contributed by atoms with Crippen LogP contribution in [-0.2, 0) is 20.6 Å². The molecule has 6 nitrogen and oxygen atoms in total. The van der Waals surface area contributed by atoms with Crippen LogP contribution in [0, 0.1) is 5.92 Å². The third-order valence-corrected chi connectivity index (χ3v) is 6.85. The topological polar surface area (TPSA) is 75.7 Å². The maximum absolute atomic E-state index is 12.8. The number of ether oxygens (including phenoxy) is 1. The number of halogens is 1. The maximum atomic E-state index is 12.8. The van der Waals surface area contributed by atoms with Crippen molar-refractivity contribution in [3.63, 3.8) is 0 Å². The van der Waals surface area contributed by atoms with Gasteiger partial charge in [0.15, 0.2) is 0 Å². The largest absolute Gasteiger partial charge is 0.494 e. The summed E-state index contributed by atoms with van der Waals surface area (Å²) in [6.07, 6.45) is 1.30. The summed E-state index contributed by atoms with van der Waals surface area (Å²) >= 11 is 5.96. The van der Waals surface area contributed by atoms with Gasteiger partial charge in [0, 0.05) is 29.9 Å². The second kappa shape index (κ2) is 9.61. The van der Waals surface area contributed by atoms with Crippen molar-refractivity contribution < 1.29 is 17.9 Å². The number of piperidine rings is 1.